The van der Waals surface area contributed by atoms with Crippen LogP contribution in [0.2, 0.25) is 0 Å². The second-order valence-corrected chi connectivity index (χ2v) is 19.3. The Morgan fingerprint density at radius 1 is 0.846 bits per heavy atom. The lowest BCUT2D eigenvalue weighted by Crippen LogP contribution is -2.54. The van der Waals surface area contributed by atoms with Crippen LogP contribution in [0.15, 0.2) is 60.8 Å². The Morgan fingerprint density at radius 2 is 1.46 bits per heavy atom. The van der Waals surface area contributed by atoms with Gasteiger partial charge < -0.3 is 39.9 Å². The quantitative estimate of drug-likeness (QED) is 0.0909. The summed E-state index contributed by atoms with van der Waals surface area (Å²) in [7, 11) is 2.53. The maximum absolute atomic E-state index is 16.6. The van der Waals surface area contributed by atoms with Crippen LogP contribution in [0.3, 0.4) is 0 Å². The highest BCUT2D eigenvalue weighted by molar-refractivity contribution is 5.89. The molecule has 4 amide bonds. The summed E-state index contributed by atoms with van der Waals surface area (Å²) in [6, 6.07) is 14.0. The van der Waals surface area contributed by atoms with Crippen LogP contribution >= 0.6 is 0 Å². The van der Waals surface area contributed by atoms with Crippen molar-refractivity contribution in [2.45, 2.75) is 103 Å². The number of imidazole rings is 2. The SMILES string of the molecule is COC(=O)N[C@@H](C(=O)N(Cc1ncc(-c2ccc3c(c2)C(F)(F)c2cc(-c4ccc5nc([C@@H]6[C@H]7CC[C@H](C7)N6C(=O)[C@H](NC(=O)OC)C(C)C)[nH]c5c4)ccc2-3)[nH]1)CC1(C)CC1)C(C)C. The number of alkyl carbamates (subject to hydrolysis) is 2. The van der Waals surface area contributed by atoms with Crippen molar-refractivity contribution in [1.82, 2.24) is 40.4 Å². The molecule has 2 bridgehead atoms. The Balaban J connectivity index is 0.946. The van der Waals surface area contributed by atoms with Crippen molar-refractivity contribution in [3.05, 3.63) is 83.6 Å². The second-order valence-electron chi connectivity index (χ2n) is 19.3. The molecule has 65 heavy (non-hydrogen) atoms. The highest BCUT2D eigenvalue weighted by Gasteiger charge is 2.52. The highest BCUT2D eigenvalue weighted by atomic mass is 19.3. The third kappa shape index (κ3) is 8.09. The Morgan fingerprint density at radius 3 is 2.11 bits per heavy atom. The number of fused-ring (bicyclic) bond motifs is 6. The minimum Gasteiger partial charge on any atom is -0.453 e. The van der Waals surface area contributed by atoms with Crippen molar-refractivity contribution in [1.29, 1.82) is 0 Å². The fourth-order valence-electron chi connectivity index (χ4n) is 10.1. The number of methoxy groups -OCH3 is 2. The van der Waals surface area contributed by atoms with E-state index in [2.05, 4.69) is 32.5 Å². The Kier molecular flexibility index (Phi) is 11.2. The summed E-state index contributed by atoms with van der Waals surface area (Å²) in [6.07, 6.45) is 4.93. The lowest BCUT2D eigenvalue weighted by molar-refractivity contribution is -0.139. The second kappa shape index (κ2) is 16.6. The number of nitrogens with one attached hydrogen (secondary N) is 4. The molecular weight excluding hydrogens is 835 g/mol. The predicted octanol–water partition coefficient (Wildman–Crippen LogP) is 8.68. The molecule has 5 atom stereocenters. The first kappa shape index (κ1) is 43.9. The molecule has 0 unspecified atom stereocenters. The normalized spacial score (nSPS) is 20.7. The van der Waals surface area contributed by atoms with Gasteiger partial charge in [0.25, 0.3) is 5.92 Å². The van der Waals surface area contributed by atoms with E-state index >= 15 is 8.78 Å². The summed E-state index contributed by atoms with van der Waals surface area (Å²) >= 11 is 0. The number of carbonyl (C=O) groups is 4. The number of nitrogens with zero attached hydrogens (tertiary/aromatic N) is 4. The number of hydrogen-bond acceptors (Lipinski definition) is 8. The number of ether oxygens (including phenoxy) is 2. The van der Waals surface area contributed by atoms with E-state index in [1.165, 1.54) is 20.3 Å². The number of amides is 4. The number of benzene rings is 3. The largest absolute Gasteiger partial charge is 0.453 e. The van der Waals surface area contributed by atoms with Gasteiger partial charge in [-0.25, -0.2) is 19.6 Å². The molecule has 2 aromatic heterocycles. The first-order valence-corrected chi connectivity index (χ1v) is 22.5. The van der Waals surface area contributed by atoms with Crippen molar-refractivity contribution in [3.63, 3.8) is 0 Å². The monoisotopic (exact) mass is 890 g/mol. The molecule has 0 spiro atoms. The van der Waals surface area contributed by atoms with Crippen LogP contribution in [-0.2, 0) is 31.5 Å². The maximum atomic E-state index is 16.6. The molecule has 342 valence electrons. The number of alkyl halides is 2. The lowest BCUT2D eigenvalue weighted by Gasteiger charge is -2.37. The van der Waals surface area contributed by atoms with Gasteiger partial charge >= 0.3 is 12.2 Å². The average molecular weight is 891 g/mol. The van der Waals surface area contributed by atoms with Gasteiger partial charge in [-0.1, -0.05) is 65.0 Å². The van der Waals surface area contributed by atoms with Crippen molar-refractivity contribution in [3.8, 4) is 33.5 Å². The average Bonchev–Trinajstić information content (AvgIpc) is 3.86. The van der Waals surface area contributed by atoms with E-state index in [0.717, 1.165) is 43.2 Å². The minimum absolute atomic E-state index is 0.0289. The van der Waals surface area contributed by atoms with Gasteiger partial charge in [0.05, 0.1) is 49.7 Å². The number of H-pyrrole nitrogens is 2. The van der Waals surface area contributed by atoms with Gasteiger partial charge in [-0.3, -0.25) is 9.59 Å². The lowest BCUT2D eigenvalue weighted by atomic mass is 9.95. The highest BCUT2D eigenvalue weighted by Crippen LogP contribution is 2.53. The van der Waals surface area contributed by atoms with Crippen LogP contribution in [0.1, 0.15) is 95.5 Å². The molecule has 3 aromatic carbocycles. The van der Waals surface area contributed by atoms with Gasteiger partial charge in [0.2, 0.25) is 11.8 Å². The summed E-state index contributed by atoms with van der Waals surface area (Å²) in [4.78, 5) is 72.1. The predicted molar refractivity (Wildman–Crippen MR) is 239 cm³/mol. The third-order valence-corrected chi connectivity index (χ3v) is 14.0. The zero-order valence-electron chi connectivity index (χ0n) is 37.8. The molecule has 1 saturated heterocycles. The van der Waals surface area contributed by atoms with Crippen LogP contribution in [0.25, 0.3) is 44.5 Å². The Hall–Kier alpha value is -6.32. The van der Waals surface area contributed by atoms with Crippen molar-refractivity contribution < 1.29 is 37.4 Å². The van der Waals surface area contributed by atoms with Crippen molar-refractivity contribution in [2.24, 2.45) is 23.2 Å². The number of hydrogen-bond donors (Lipinski definition) is 4. The molecule has 2 saturated carbocycles. The molecule has 3 aliphatic carbocycles. The van der Waals surface area contributed by atoms with Crippen LogP contribution in [0, 0.1) is 23.2 Å². The van der Waals surface area contributed by atoms with E-state index in [1.807, 2.05) is 56.9 Å². The molecular formula is C49H56F2N8O6. The van der Waals surface area contributed by atoms with Gasteiger partial charge in [-0.05, 0) is 102 Å². The van der Waals surface area contributed by atoms with Crippen LogP contribution < -0.4 is 10.6 Å². The molecule has 9 rings (SSSR count). The minimum atomic E-state index is -3.29. The topological polar surface area (TPSA) is 175 Å². The summed E-state index contributed by atoms with van der Waals surface area (Å²) in [5.74, 6) is -2.68. The number of carbonyl (C=O) groups excluding carboxylic acids is 4. The molecule has 1 aliphatic heterocycles. The summed E-state index contributed by atoms with van der Waals surface area (Å²) in [5.41, 5.74) is 4.55. The van der Waals surface area contributed by atoms with Crippen molar-refractivity contribution in [2.75, 3.05) is 20.8 Å². The fraction of sp³-hybridized carbons (Fsp3) is 0.469. The fourth-order valence-corrected chi connectivity index (χ4v) is 10.1. The van der Waals surface area contributed by atoms with Gasteiger partial charge in [0, 0.05) is 29.3 Å². The number of rotatable bonds is 13. The number of aromatic nitrogens is 4. The van der Waals surface area contributed by atoms with Crippen LogP contribution in [-0.4, -0.2) is 92.6 Å². The van der Waals surface area contributed by atoms with E-state index in [0.29, 0.717) is 51.7 Å². The Bertz CT molecular complexity index is 2690. The number of aromatic amines is 2. The molecule has 4 aliphatic rings. The number of piperidine rings is 1. The molecule has 5 aromatic rings. The Labute approximate surface area is 376 Å². The summed E-state index contributed by atoms with van der Waals surface area (Å²) in [6.45, 7) is 10.2. The third-order valence-electron chi connectivity index (χ3n) is 14.0. The molecule has 16 heteroatoms. The molecule has 3 fully saturated rings. The van der Waals surface area contributed by atoms with Gasteiger partial charge in [0.1, 0.15) is 23.7 Å². The first-order valence-electron chi connectivity index (χ1n) is 22.5. The zero-order valence-corrected chi connectivity index (χ0v) is 37.8. The standard InChI is InChI=1S/C49H56F2N8O6/c1-25(2)40(56-46(62)64-6)44(60)58(24-48(5)16-17-48)23-39-52-22-38(53-39)29-10-14-33-32-13-9-27(19-34(32)49(50,51)35(33)20-29)28-11-15-36-37(21-28)55-43(54-36)42-30-8-12-31(18-30)59(42)45(61)41(26(3)4)57-47(63)65-7/h9-11,13-15,19-22,25-26,30-31,40-42H,8,12,16-18,23-24H2,1-7H3,(H,52,53)(H,54,55)(H,56,62)(H,57,63)/t30-,31+,40+,41+,42-/m0/s1. The summed E-state index contributed by atoms with van der Waals surface area (Å²) < 4.78 is 42.9. The van der Waals surface area contributed by atoms with E-state index < -0.39 is 30.2 Å². The van der Waals surface area contributed by atoms with Crippen LogP contribution in [0.4, 0.5) is 18.4 Å². The van der Waals surface area contributed by atoms with Gasteiger partial charge in [-0.15, -0.1) is 0 Å². The van der Waals surface area contributed by atoms with E-state index in [-0.39, 0.29) is 64.7 Å². The van der Waals surface area contributed by atoms with E-state index in [9.17, 15) is 19.2 Å². The zero-order chi connectivity index (χ0) is 46.1. The number of likely N-dealkylation sites (tertiary alicyclic amines) is 1. The van der Waals surface area contributed by atoms with E-state index in [1.54, 1.807) is 35.4 Å². The van der Waals surface area contributed by atoms with Gasteiger partial charge in [0.15, 0.2) is 0 Å². The molecule has 3 heterocycles. The summed E-state index contributed by atoms with van der Waals surface area (Å²) in [5, 5.41) is 5.41. The van der Waals surface area contributed by atoms with Gasteiger partial charge in [-0.2, -0.15) is 8.78 Å². The van der Waals surface area contributed by atoms with Crippen LogP contribution in [0.5, 0.6) is 0 Å². The van der Waals surface area contributed by atoms with E-state index in [4.69, 9.17) is 14.5 Å². The van der Waals surface area contributed by atoms with Crippen molar-refractivity contribution >= 4 is 35.0 Å². The first-order chi connectivity index (χ1) is 31.0. The molecule has 14 nitrogen and oxygen atoms in total. The molecule has 0 radical (unpaired) electrons. The number of halogens is 2. The smallest absolute Gasteiger partial charge is 0.407 e. The maximum Gasteiger partial charge on any atom is 0.407 e. The molecule has 4 N–H and O–H groups in total.